The third kappa shape index (κ3) is 5.10. The van der Waals surface area contributed by atoms with Crippen LogP contribution in [0, 0.1) is 0 Å². The third-order valence-electron chi connectivity index (χ3n) is 5.51. The van der Waals surface area contributed by atoms with Gasteiger partial charge in [-0.1, -0.05) is 67.9 Å². The Morgan fingerprint density at radius 3 is 2.42 bits per heavy atom. The van der Waals surface area contributed by atoms with Crippen molar-refractivity contribution in [2.45, 2.75) is 25.8 Å². The molecule has 0 aliphatic heterocycles. The number of pyridine rings is 1. The number of para-hydroxylation sites is 1. The minimum Gasteiger partial charge on any atom is -0.505 e. The van der Waals surface area contributed by atoms with E-state index in [1.807, 2.05) is 42.5 Å². The molecule has 33 heavy (non-hydrogen) atoms. The molecule has 4 aromatic rings. The van der Waals surface area contributed by atoms with E-state index in [1.165, 1.54) is 5.56 Å². The number of benzene rings is 3. The number of fused-ring (bicyclic) bond motifs is 1. The zero-order valence-corrected chi connectivity index (χ0v) is 19.2. The highest BCUT2D eigenvalue weighted by molar-refractivity contribution is 6.35. The molecule has 0 spiro atoms. The summed E-state index contributed by atoms with van der Waals surface area (Å²) in [6, 6.07) is 21.7. The number of rotatable bonds is 7. The predicted molar refractivity (Wildman–Crippen MR) is 131 cm³/mol. The van der Waals surface area contributed by atoms with Gasteiger partial charge in [0.1, 0.15) is 17.0 Å². The van der Waals surface area contributed by atoms with Crippen molar-refractivity contribution < 1.29 is 14.6 Å². The van der Waals surface area contributed by atoms with Crippen molar-refractivity contribution in [3.05, 3.63) is 101 Å². The molecule has 5 nitrogen and oxygen atoms in total. The van der Waals surface area contributed by atoms with Crippen LogP contribution in [0.25, 0.3) is 10.9 Å². The Balaban J connectivity index is 1.69. The normalized spacial score (nSPS) is 12.0. The number of phenols is 1. The van der Waals surface area contributed by atoms with E-state index in [0.717, 1.165) is 5.56 Å². The average Bonchev–Trinajstić information content (AvgIpc) is 2.84. The molecule has 0 saturated carbocycles. The molecule has 6 heteroatoms. The fourth-order valence-electron chi connectivity index (χ4n) is 3.71. The standard InChI is InChI=1S/C27H25ClN2O3/c1-17(2)18-10-12-19(13-11-18)25(30-24(31)16-33-20-7-4-3-5-8-20)22-15-23(28)21-9-6-14-29-26(21)27(22)32/h3-15,17,25,32H,16H2,1-2H3,(H,30,31). The van der Waals surface area contributed by atoms with Gasteiger partial charge < -0.3 is 15.2 Å². The summed E-state index contributed by atoms with van der Waals surface area (Å²) in [7, 11) is 0. The molecule has 1 amide bonds. The lowest BCUT2D eigenvalue weighted by molar-refractivity contribution is -0.123. The summed E-state index contributed by atoms with van der Waals surface area (Å²) in [4.78, 5) is 17.1. The molecule has 1 atom stereocenters. The number of aromatic hydroxyl groups is 1. The Bertz CT molecular complexity index is 1260. The lowest BCUT2D eigenvalue weighted by Crippen LogP contribution is -2.33. The van der Waals surface area contributed by atoms with E-state index in [1.54, 1.807) is 36.5 Å². The maximum Gasteiger partial charge on any atom is 0.258 e. The van der Waals surface area contributed by atoms with E-state index < -0.39 is 6.04 Å². The number of phenolic OH excluding ortho intramolecular Hbond substituents is 1. The highest BCUT2D eigenvalue weighted by Gasteiger charge is 2.23. The van der Waals surface area contributed by atoms with Crippen molar-refractivity contribution in [3.8, 4) is 11.5 Å². The number of carbonyl (C=O) groups is 1. The van der Waals surface area contributed by atoms with Crippen molar-refractivity contribution in [2.24, 2.45) is 0 Å². The highest BCUT2D eigenvalue weighted by Crippen LogP contribution is 2.38. The SMILES string of the molecule is CC(C)c1ccc(C(NC(=O)COc2ccccc2)c2cc(Cl)c3cccnc3c2O)cc1. The fraction of sp³-hybridized carbons (Fsp3) is 0.185. The summed E-state index contributed by atoms with van der Waals surface area (Å²) in [6.07, 6.45) is 1.60. The van der Waals surface area contributed by atoms with E-state index in [9.17, 15) is 9.90 Å². The van der Waals surface area contributed by atoms with Gasteiger partial charge in [0, 0.05) is 17.1 Å². The summed E-state index contributed by atoms with van der Waals surface area (Å²) in [5.41, 5.74) is 2.85. The number of aromatic nitrogens is 1. The second kappa shape index (κ2) is 9.92. The van der Waals surface area contributed by atoms with Crippen LogP contribution in [-0.4, -0.2) is 22.6 Å². The van der Waals surface area contributed by atoms with Crippen LogP contribution in [0.4, 0.5) is 0 Å². The summed E-state index contributed by atoms with van der Waals surface area (Å²) in [5, 5.41) is 15.2. The number of ether oxygens (including phenoxy) is 1. The summed E-state index contributed by atoms with van der Waals surface area (Å²) < 4.78 is 5.60. The van der Waals surface area contributed by atoms with E-state index in [4.69, 9.17) is 16.3 Å². The van der Waals surface area contributed by atoms with Crippen molar-refractivity contribution in [2.75, 3.05) is 6.61 Å². The molecule has 0 saturated heterocycles. The van der Waals surface area contributed by atoms with E-state index in [-0.39, 0.29) is 18.3 Å². The van der Waals surface area contributed by atoms with Gasteiger partial charge in [-0.3, -0.25) is 9.78 Å². The second-order valence-electron chi connectivity index (χ2n) is 8.12. The van der Waals surface area contributed by atoms with Gasteiger partial charge in [0.05, 0.1) is 11.1 Å². The topological polar surface area (TPSA) is 71.5 Å². The van der Waals surface area contributed by atoms with Crippen molar-refractivity contribution in [1.29, 1.82) is 0 Å². The van der Waals surface area contributed by atoms with Gasteiger partial charge >= 0.3 is 0 Å². The number of nitrogens with zero attached hydrogens (tertiary/aromatic N) is 1. The molecule has 1 heterocycles. The Hall–Kier alpha value is -3.57. The molecule has 0 aliphatic rings. The van der Waals surface area contributed by atoms with Gasteiger partial charge in [-0.25, -0.2) is 0 Å². The molecule has 0 radical (unpaired) electrons. The first kappa shape index (κ1) is 22.6. The monoisotopic (exact) mass is 460 g/mol. The van der Waals surface area contributed by atoms with Crippen molar-refractivity contribution in [3.63, 3.8) is 0 Å². The minimum atomic E-state index is -0.637. The number of carbonyl (C=O) groups excluding carboxylic acids is 1. The van der Waals surface area contributed by atoms with Gasteiger partial charge in [0.2, 0.25) is 0 Å². The van der Waals surface area contributed by atoms with Gasteiger partial charge in [-0.15, -0.1) is 0 Å². The Labute approximate surface area is 198 Å². The van der Waals surface area contributed by atoms with Crippen LogP contribution >= 0.6 is 11.6 Å². The first-order valence-electron chi connectivity index (χ1n) is 10.8. The number of hydrogen-bond donors (Lipinski definition) is 2. The van der Waals surface area contributed by atoms with Gasteiger partial charge in [-0.2, -0.15) is 0 Å². The van der Waals surface area contributed by atoms with Crippen LogP contribution in [0.3, 0.4) is 0 Å². The highest BCUT2D eigenvalue weighted by atomic mass is 35.5. The zero-order valence-electron chi connectivity index (χ0n) is 18.5. The quantitative estimate of drug-likeness (QED) is 0.354. The minimum absolute atomic E-state index is 0.0165. The lowest BCUT2D eigenvalue weighted by atomic mass is 9.93. The maximum absolute atomic E-state index is 12.8. The number of nitrogens with one attached hydrogen (secondary N) is 1. The summed E-state index contributed by atoms with van der Waals surface area (Å²) in [5.74, 6) is 0.635. The zero-order chi connectivity index (χ0) is 23.4. The van der Waals surface area contributed by atoms with Crippen LogP contribution in [0.1, 0.15) is 42.5 Å². The molecule has 168 valence electrons. The predicted octanol–water partition coefficient (Wildman–Crippen LogP) is 6.00. The molecular formula is C27H25ClN2O3. The van der Waals surface area contributed by atoms with Crippen LogP contribution in [0.5, 0.6) is 11.5 Å². The van der Waals surface area contributed by atoms with Crippen LogP contribution < -0.4 is 10.1 Å². The van der Waals surface area contributed by atoms with Gasteiger partial charge in [-0.05, 0) is 47.4 Å². The van der Waals surface area contributed by atoms with Crippen molar-refractivity contribution >= 4 is 28.4 Å². The molecule has 3 aromatic carbocycles. The Morgan fingerprint density at radius 2 is 1.73 bits per heavy atom. The first-order chi connectivity index (χ1) is 15.9. The fourth-order valence-corrected chi connectivity index (χ4v) is 3.98. The molecule has 1 unspecified atom stereocenters. The third-order valence-corrected chi connectivity index (χ3v) is 5.82. The maximum atomic E-state index is 12.8. The Morgan fingerprint density at radius 1 is 1.03 bits per heavy atom. The second-order valence-corrected chi connectivity index (χ2v) is 8.53. The molecule has 4 rings (SSSR count). The van der Waals surface area contributed by atoms with Crippen LogP contribution in [0.2, 0.25) is 5.02 Å². The molecule has 0 aliphatic carbocycles. The summed E-state index contributed by atoms with van der Waals surface area (Å²) in [6.45, 7) is 4.08. The average molecular weight is 461 g/mol. The first-order valence-corrected chi connectivity index (χ1v) is 11.1. The Kier molecular flexibility index (Phi) is 6.80. The van der Waals surface area contributed by atoms with E-state index in [0.29, 0.717) is 33.2 Å². The molecular weight excluding hydrogens is 436 g/mol. The van der Waals surface area contributed by atoms with Crippen molar-refractivity contribution in [1.82, 2.24) is 10.3 Å². The molecule has 1 aromatic heterocycles. The van der Waals surface area contributed by atoms with Gasteiger partial charge in [0.15, 0.2) is 6.61 Å². The molecule has 2 N–H and O–H groups in total. The van der Waals surface area contributed by atoms with Crippen LogP contribution in [-0.2, 0) is 4.79 Å². The number of halogens is 1. The largest absolute Gasteiger partial charge is 0.505 e. The van der Waals surface area contributed by atoms with Gasteiger partial charge in [0.25, 0.3) is 5.91 Å². The van der Waals surface area contributed by atoms with E-state index >= 15 is 0 Å². The molecule has 0 fully saturated rings. The van der Waals surface area contributed by atoms with E-state index in [2.05, 4.69) is 24.1 Å². The van der Waals surface area contributed by atoms with Crippen LogP contribution in [0.15, 0.2) is 79.0 Å². The lowest BCUT2D eigenvalue weighted by Gasteiger charge is -2.22. The summed E-state index contributed by atoms with van der Waals surface area (Å²) >= 11 is 6.52. The molecule has 0 bridgehead atoms. The number of hydrogen-bond acceptors (Lipinski definition) is 4. The number of amides is 1. The smallest absolute Gasteiger partial charge is 0.258 e.